The number of sulfonamides is 1. The van der Waals surface area contributed by atoms with E-state index in [1.165, 1.54) is 29.0 Å². The average Bonchev–Trinajstić information content (AvgIpc) is 3.18. The SMILES string of the molecule is COc1ccc(OC)c(S(=O)(=O)N2CCN(c3nc4ccccn4c3[N+](=O)[O-])CC2)c1. The Balaban J connectivity index is 1.60. The van der Waals surface area contributed by atoms with E-state index in [0.29, 0.717) is 11.4 Å². The molecule has 0 aliphatic carbocycles. The molecule has 3 heterocycles. The number of anilines is 1. The van der Waals surface area contributed by atoms with Gasteiger partial charge in [-0.3, -0.25) is 0 Å². The highest BCUT2D eigenvalue weighted by atomic mass is 32.2. The number of nitro groups is 1. The van der Waals surface area contributed by atoms with Gasteiger partial charge >= 0.3 is 5.82 Å². The predicted octanol–water partition coefficient (Wildman–Crippen LogP) is 1.77. The van der Waals surface area contributed by atoms with E-state index in [9.17, 15) is 18.5 Å². The number of pyridine rings is 1. The van der Waals surface area contributed by atoms with Gasteiger partial charge in [0.2, 0.25) is 21.5 Å². The van der Waals surface area contributed by atoms with Crippen LogP contribution in [0.4, 0.5) is 11.6 Å². The van der Waals surface area contributed by atoms with Crippen LogP contribution in [0.25, 0.3) is 5.65 Å². The van der Waals surface area contributed by atoms with E-state index in [4.69, 9.17) is 9.47 Å². The van der Waals surface area contributed by atoms with Crippen molar-refractivity contribution in [2.45, 2.75) is 4.90 Å². The molecule has 0 bridgehead atoms. The van der Waals surface area contributed by atoms with Gasteiger partial charge < -0.3 is 24.5 Å². The molecule has 164 valence electrons. The molecule has 2 aromatic heterocycles. The Morgan fingerprint density at radius 1 is 1.06 bits per heavy atom. The first kappa shape index (κ1) is 20.9. The molecule has 12 heteroatoms. The minimum absolute atomic E-state index is 0.0153. The van der Waals surface area contributed by atoms with E-state index in [-0.39, 0.29) is 48.5 Å². The lowest BCUT2D eigenvalue weighted by molar-refractivity contribution is -0.389. The molecule has 0 atom stereocenters. The van der Waals surface area contributed by atoms with Crippen molar-refractivity contribution < 1.29 is 22.8 Å². The normalized spacial score (nSPS) is 15.2. The predicted molar refractivity (Wildman–Crippen MR) is 112 cm³/mol. The number of hydrogen-bond acceptors (Lipinski definition) is 8. The number of ether oxygens (including phenoxy) is 2. The number of methoxy groups -OCH3 is 2. The Morgan fingerprint density at radius 2 is 1.81 bits per heavy atom. The van der Waals surface area contributed by atoms with Crippen LogP contribution in [0.1, 0.15) is 0 Å². The first-order valence-electron chi connectivity index (χ1n) is 9.45. The summed E-state index contributed by atoms with van der Waals surface area (Å²) < 4.78 is 39.6. The molecule has 0 spiro atoms. The minimum atomic E-state index is -3.85. The van der Waals surface area contributed by atoms with Crippen LogP contribution >= 0.6 is 0 Å². The molecule has 1 fully saturated rings. The van der Waals surface area contributed by atoms with Gasteiger partial charge in [0, 0.05) is 38.3 Å². The highest BCUT2D eigenvalue weighted by molar-refractivity contribution is 7.89. The van der Waals surface area contributed by atoms with Gasteiger partial charge in [-0.25, -0.2) is 8.42 Å². The summed E-state index contributed by atoms with van der Waals surface area (Å²) >= 11 is 0. The van der Waals surface area contributed by atoms with Gasteiger partial charge in [-0.15, -0.1) is 0 Å². The number of aromatic nitrogens is 2. The van der Waals surface area contributed by atoms with Crippen LogP contribution in [0.5, 0.6) is 11.5 Å². The van der Waals surface area contributed by atoms with E-state index in [1.807, 2.05) is 0 Å². The third kappa shape index (κ3) is 3.64. The summed E-state index contributed by atoms with van der Waals surface area (Å²) in [4.78, 5) is 17.3. The van der Waals surface area contributed by atoms with E-state index in [0.717, 1.165) is 0 Å². The molecule has 11 nitrogen and oxygen atoms in total. The monoisotopic (exact) mass is 447 g/mol. The quantitative estimate of drug-likeness (QED) is 0.414. The molecule has 31 heavy (non-hydrogen) atoms. The van der Waals surface area contributed by atoms with Crippen LogP contribution in [0, 0.1) is 10.1 Å². The molecule has 0 amide bonds. The molecule has 3 aromatic rings. The maximum absolute atomic E-state index is 13.2. The lowest BCUT2D eigenvalue weighted by Crippen LogP contribution is -2.49. The number of rotatable bonds is 6. The van der Waals surface area contributed by atoms with Gasteiger partial charge in [-0.1, -0.05) is 6.07 Å². The highest BCUT2D eigenvalue weighted by Gasteiger charge is 2.34. The van der Waals surface area contributed by atoms with Crippen molar-refractivity contribution in [3.05, 3.63) is 52.7 Å². The van der Waals surface area contributed by atoms with Crippen molar-refractivity contribution >= 4 is 27.3 Å². The van der Waals surface area contributed by atoms with Crippen LogP contribution < -0.4 is 14.4 Å². The molecular formula is C19H21N5O6S. The molecule has 4 rings (SSSR count). The summed E-state index contributed by atoms with van der Waals surface area (Å²) in [5.74, 6) is 0.714. The third-order valence-electron chi connectivity index (χ3n) is 5.19. The zero-order valence-corrected chi connectivity index (χ0v) is 17.8. The Kier molecular flexibility index (Phi) is 5.41. The van der Waals surface area contributed by atoms with Crippen molar-refractivity contribution in [1.82, 2.24) is 13.7 Å². The lowest BCUT2D eigenvalue weighted by atomic mass is 10.3. The van der Waals surface area contributed by atoms with E-state index < -0.39 is 14.9 Å². The van der Waals surface area contributed by atoms with Crippen LogP contribution in [0.15, 0.2) is 47.5 Å². The van der Waals surface area contributed by atoms with Crippen LogP contribution in [0.2, 0.25) is 0 Å². The summed E-state index contributed by atoms with van der Waals surface area (Å²) in [6, 6.07) is 9.72. The second-order valence-electron chi connectivity index (χ2n) is 6.85. The Morgan fingerprint density at radius 3 is 2.45 bits per heavy atom. The molecule has 0 saturated carbocycles. The first-order chi connectivity index (χ1) is 14.9. The summed E-state index contributed by atoms with van der Waals surface area (Å²) in [5, 5.41) is 11.7. The largest absolute Gasteiger partial charge is 0.497 e. The Labute approximate surface area is 178 Å². The maximum atomic E-state index is 13.2. The number of nitrogens with zero attached hydrogens (tertiary/aromatic N) is 5. The summed E-state index contributed by atoms with van der Waals surface area (Å²) in [6.07, 6.45) is 1.58. The smallest absolute Gasteiger partial charge is 0.372 e. The molecule has 1 aliphatic heterocycles. The zero-order chi connectivity index (χ0) is 22.2. The highest BCUT2D eigenvalue weighted by Crippen LogP contribution is 2.33. The molecule has 0 N–H and O–H groups in total. The topological polar surface area (TPSA) is 120 Å². The van der Waals surface area contributed by atoms with Gasteiger partial charge in [-0.05, 0) is 23.1 Å². The number of hydrogen-bond donors (Lipinski definition) is 0. The van der Waals surface area contributed by atoms with E-state index >= 15 is 0 Å². The fourth-order valence-corrected chi connectivity index (χ4v) is 5.21. The maximum Gasteiger partial charge on any atom is 0.372 e. The fraction of sp³-hybridized carbons (Fsp3) is 0.316. The van der Waals surface area contributed by atoms with Gasteiger partial charge in [0.25, 0.3) is 0 Å². The molecule has 0 radical (unpaired) electrons. The van der Waals surface area contributed by atoms with Crippen molar-refractivity contribution in [1.29, 1.82) is 0 Å². The van der Waals surface area contributed by atoms with Crippen molar-refractivity contribution in [3.63, 3.8) is 0 Å². The van der Waals surface area contributed by atoms with Crippen LogP contribution in [0.3, 0.4) is 0 Å². The van der Waals surface area contributed by atoms with Crippen LogP contribution in [-0.2, 0) is 10.0 Å². The summed E-state index contributed by atoms with van der Waals surface area (Å²) in [6.45, 7) is 0.813. The second kappa shape index (κ2) is 8.04. The molecule has 1 aliphatic rings. The molecule has 1 aromatic carbocycles. The third-order valence-corrected chi connectivity index (χ3v) is 7.11. The summed E-state index contributed by atoms with van der Waals surface area (Å²) in [7, 11) is -0.991. The summed E-state index contributed by atoms with van der Waals surface area (Å²) in [5.41, 5.74) is 0.459. The standard InChI is InChI=1S/C19H21N5O6S/c1-29-14-6-7-15(30-2)16(13-14)31(27,28)22-11-9-21(10-12-22)18-19(24(25)26)23-8-4-3-5-17(23)20-18/h3-8,13H,9-12H2,1-2H3. The van der Waals surface area contributed by atoms with Gasteiger partial charge in [0.1, 0.15) is 16.4 Å². The van der Waals surface area contributed by atoms with Gasteiger partial charge in [-0.2, -0.15) is 13.7 Å². The van der Waals surface area contributed by atoms with Gasteiger partial charge in [0.05, 0.1) is 20.4 Å². The number of imidazole rings is 1. The molecular weight excluding hydrogens is 426 g/mol. The van der Waals surface area contributed by atoms with Gasteiger partial charge in [0.15, 0.2) is 0 Å². The van der Waals surface area contributed by atoms with Crippen molar-refractivity contribution in [2.75, 3.05) is 45.3 Å². The first-order valence-corrected chi connectivity index (χ1v) is 10.9. The number of fused-ring (bicyclic) bond motifs is 1. The molecule has 1 saturated heterocycles. The average molecular weight is 447 g/mol. The molecule has 0 unspecified atom stereocenters. The van der Waals surface area contributed by atoms with E-state index in [1.54, 1.807) is 41.4 Å². The minimum Gasteiger partial charge on any atom is -0.497 e. The lowest BCUT2D eigenvalue weighted by Gasteiger charge is -2.34. The number of benzene rings is 1. The van der Waals surface area contributed by atoms with E-state index in [2.05, 4.69) is 4.98 Å². The van der Waals surface area contributed by atoms with Crippen molar-refractivity contribution in [3.8, 4) is 11.5 Å². The second-order valence-corrected chi connectivity index (χ2v) is 8.76. The zero-order valence-electron chi connectivity index (χ0n) is 17.0. The van der Waals surface area contributed by atoms with Crippen LogP contribution in [-0.4, -0.2) is 67.4 Å². The van der Waals surface area contributed by atoms with Crippen molar-refractivity contribution in [2.24, 2.45) is 0 Å². The Hall–Kier alpha value is -3.38. The fourth-order valence-electron chi connectivity index (χ4n) is 3.62. The number of piperazine rings is 1. The Bertz CT molecular complexity index is 1230.